The first kappa shape index (κ1) is 17.7. The van der Waals surface area contributed by atoms with Gasteiger partial charge in [0.1, 0.15) is 5.69 Å². The molecule has 0 aliphatic heterocycles. The van der Waals surface area contributed by atoms with Crippen molar-refractivity contribution in [3.05, 3.63) is 52.6 Å². The quantitative estimate of drug-likeness (QED) is 0.601. The number of rotatable bonds is 6. The molecule has 0 bridgehead atoms. The molecule has 1 aromatic carbocycles. The molecule has 2 rings (SSSR count). The maximum atomic E-state index is 13.6. The van der Waals surface area contributed by atoms with Gasteiger partial charge in [0, 0.05) is 17.8 Å². The number of hydrogen-bond acceptors (Lipinski definition) is 4. The monoisotopic (exact) mass is 333 g/mol. The molecule has 1 heterocycles. The lowest BCUT2D eigenvalue weighted by Gasteiger charge is -2.08. The van der Waals surface area contributed by atoms with Crippen LogP contribution in [0.2, 0.25) is 0 Å². The van der Waals surface area contributed by atoms with Gasteiger partial charge in [0.25, 0.3) is 0 Å². The normalized spacial score (nSPS) is 10.5. The highest BCUT2D eigenvalue weighted by atomic mass is 19.1. The summed E-state index contributed by atoms with van der Waals surface area (Å²) in [6, 6.07) is 5.89. The standard InChI is InChI=1S/C18H20FNO4/c1-5-20-12(3)16(11(2)17(20)18(22)23-4)14(21)10-24-15-9-7-6-8-13(15)19/h6-9H,5,10H2,1-4H3. The molecule has 0 fully saturated rings. The molecule has 24 heavy (non-hydrogen) atoms. The number of esters is 1. The second-order valence-electron chi connectivity index (χ2n) is 5.31. The molecule has 0 saturated carbocycles. The lowest BCUT2D eigenvalue weighted by molar-refractivity contribution is 0.0587. The van der Waals surface area contributed by atoms with Crippen LogP contribution in [0.15, 0.2) is 24.3 Å². The molecular formula is C18H20FNO4. The van der Waals surface area contributed by atoms with Crippen LogP contribution in [0, 0.1) is 19.7 Å². The van der Waals surface area contributed by atoms with Crippen molar-refractivity contribution >= 4 is 11.8 Å². The summed E-state index contributed by atoms with van der Waals surface area (Å²) < 4.78 is 25.4. The zero-order valence-electron chi connectivity index (χ0n) is 14.2. The molecule has 0 radical (unpaired) electrons. The largest absolute Gasteiger partial charge is 0.482 e. The number of carbonyl (C=O) groups excluding carboxylic acids is 2. The van der Waals surface area contributed by atoms with E-state index in [4.69, 9.17) is 9.47 Å². The summed E-state index contributed by atoms with van der Waals surface area (Å²) in [5, 5.41) is 0. The van der Waals surface area contributed by atoms with Crippen molar-refractivity contribution in [3.63, 3.8) is 0 Å². The van der Waals surface area contributed by atoms with E-state index in [0.717, 1.165) is 0 Å². The van der Waals surface area contributed by atoms with Crippen LogP contribution in [0.1, 0.15) is 39.0 Å². The van der Waals surface area contributed by atoms with Gasteiger partial charge in [0.15, 0.2) is 18.2 Å². The first-order valence-corrected chi connectivity index (χ1v) is 7.60. The summed E-state index contributed by atoms with van der Waals surface area (Å²) in [4.78, 5) is 24.5. The first-order chi connectivity index (χ1) is 11.4. The molecule has 1 aromatic heterocycles. The van der Waals surface area contributed by atoms with Gasteiger partial charge in [-0.15, -0.1) is 0 Å². The Kier molecular flexibility index (Phi) is 5.39. The van der Waals surface area contributed by atoms with Gasteiger partial charge in [-0.25, -0.2) is 9.18 Å². The van der Waals surface area contributed by atoms with Crippen LogP contribution >= 0.6 is 0 Å². The zero-order chi connectivity index (χ0) is 17.9. The highest BCUT2D eigenvalue weighted by Gasteiger charge is 2.26. The smallest absolute Gasteiger partial charge is 0.354 e. The topological polar surface area (TPSA) is 57.5 Å². The van der Waals surface area contributed by atoms with Crippen LogP contribution < -0.4 is 4.74 Å². The van der Waals surface area contributed by atoms with E-state index in [1.807, 2.05) is 6.92 Å². The van der Waals surface area contributed by atoms with Crippen LogP contribution in [-0.4, -0.2) is 30.0 Å². The van der Waals surface area contributed by atoms with Gasteiger partial charge in [0.2, 0.25) is 5.78 Å². The third-order valence-electron chi connectivity index (χ3n) is 3.94. The third kappa shape index (κ3) is 3.18. The number of para-hydroxylation sites is 1. The van der Waals surface area contributed by atoms with E-state index in [0.29, 0.717) is 29.1 Å². The Morgan fingerprint density at radius 2 is 1.88 bits per heavy atom. The molecule has 128 valence electrons. The third-order valence-corrected chi connectivity index (χ3v) is 3.94. The number of hydrogen-bond donors (Lipinski definition) is 0. The molecule has 0 amide bonds. The van der Waals surface area contributed by atoms with Crippen molar-refractivity contribution < 1.29 is 23.5 Å². The van der Waals surface area contributed by atoms with Gasteiger partial charge in [-0.3, -0.25) is 4.79 Å². The summed E-state index contributed by atoms with van der Waals surface area (Å²) in [6.07, 6.45) is 0. The highest BCUT2D eigenvalue weighted by Crippen LogP contribution is 2.24. The molecule has 6 heteroatoms. The SMILES string of the molecule is CCn1c(C)c(C(=O)COc2ccccc2F)c(C)c1C(=O)OC. The van der Waals surface area contributed by atoms with Crippen molar-refractivity contribution in [2.45, 2.75) is 27.3 Å². The number of ether oxygens (including phenoxy) is 2. The number of methoxy groups -OCH3 is 1. The summed E-state index contributed by atoms with van der Waals surface area (Å²) in [7, 11) is 1.30. The number of nitrogens with zero attached hydrogens (tertiary/aromatic N) is 1. The van der Waals surface area contributed by atoms with Crippen LogP contribution in [0.4, 0.5) is 4.39 Å². The molecule has 0 unspecified atom stereocenters. The highest BCUT2D eigenvalue weighted by molar-refractivity contribution is 6.03. The molecular weight excluding hydrogens is 313 g/mol. The summed E-state index contributed by atoms with van der Waals surface area (Å²) in [6.45, 7) is 5.56. The first-order valence-electron chi connectivity index (χ1n) is 7.60. The second-order valence-corrected chi connectivity index (χ2v) is 5.31. The molecule has 0 aliphatic rings. The van der Waals surface area contributed by atoms with Crippen LogP contribution in [0.5, 0.6) is 5.75 Å². The van der Waals surface area contributed by atoms with Gasteiger partial charge in [-0.2, -0.15) is 0 Å². The predicted octanol–water partition coefficient (Wildman–Crippen LogP) is 3.31. The molecule has 2 aromatic rings. The molecule has 0 aliphatic carbocycles. The van der Waals surface area contributed by atoms with Crippen molar-refractivity contribution in [1.82, 2.24) is 4.57 Å². The Hall–Kier alpha value is -2.63. The molecule has 0 N–H and O–H groups in total. The number of carbonyl (C=O) groups is 2. The van der Waals surface area contributed by atoms with E-state index in [-0.39, 0.29) is 18.1 Å². The maximum Gasteiger partial charge on any atom is 0.354 e. The van der Waals surface area contributed by atoms with Gasteiger partial charge >= 0.3 is 5.97 Å². The molecule has 0 spiro atoms. The summed E-state index contributed by atoms with van der Waals surface area (Å²) in [5.74, 6) is -1.32. The fourth-order valence-corrected chi connectivity index (χ4v) is 2.84. The zero-order valence-corrected chi connectivity index (χ0v) is 14.2. The Morgan fingerprint density at radius 1 is 1.21 bits per heavy atom. The van der Waals surface area contributed by atoms with Gasteiger partial charge in [-0.1, -0.05) is 12.1 Å². The van der Waals surface area contributed by atoms with Gasteiger partial charge in [0.05, 0.1) is 7.11 Å². The van der Waals surface area contributed by atoms with E-state index >= 15 is 0 Å². The minimum Gasteiger partial charge on any atom is -0.482 e. The molecule has 0 atom stereocenters. The Morgan fingerprint density at radius 3 is 2.46 bits per heavy atom. The van der Waals surface area contributed by atoms with E-state index in [2.05, 4.69) is 0 Å². The fraction of sp³-hybridized carbons (Fsp3) is 0.333. The van der Waals surface area contributed by atoms with Gasteiger partial charge < -0.3 is 14.0 Å². The van der Waals surface area contributed by atoms with Crippen LogP contribution in [0.3, 0.4) is 0 Å². The van der Waals surface area contributed by atoms with Crippen LogP contribution in [-0.2, 0) is 11.3 Å². The van der Waals surface area contributed by atoms with E-state index in [9.17, 15) is 14.0 Å². The summed E-state index contributed by atoms with van der Waals surface area (Å²) >= 11 is 0. The number of Topliss-reactive ketones (excluding diaryl/α,β-unsaturated/α-hetero) is 1. The Balaban J connectivity index is 2.31. The second kappa shape index (κ2) is 7.29. The van der Waals surface area contributed by atoms with Crippen molar-refractivity contribution in [2.24, 2.45) is 0 Å². The van der Waals surface area contributed by atoms with Crippen molar-refractivity contribution in [1.29, 1.82) is 0 Å². The average molecular weight is 333 g/mol. The van der Waals surface area contributed by atoms with Gasteiger partial charge in [-0.05, 0) is 38.5 Å². The minimum atomic E-state index is -0.528. The fourth-order valence-electron chi connectivity index (χ4n) is 2.84. The number of ketones is 1. The maximum absolute atomic E-state index is 13.6. The number of benzene rings is 1. The Bertz CT molecular complexity index is 780. The Labute approximate surface area is 140 Å². The number of halogens is 1. The lowest BCUT2D eigenvalue weighted by Crippen LogP contribution is -2.14. The van der Waals surface area contributed by atoms with E-state index in [1.165, 1.54) is 19.2 Å². The van der Waals surface area contributed by atoms with Crippen LogP contribution in [0.25, 0.3) is 0 Å². The minimum absolute atomic E-state index is 0.0178. The van der Waals surface area contributed by atoms with Crippen molar-refractivity contribution in [2.75, 3.05) is 13.7 Å². The average Bonchev–Trinajstić information content (AvgIpc) is 2.83. The summed E-state index contributed by atoms with van der Waals surface area (Å²) in [5.41, 5.74) is 1.97. The molecule has 0 saturated heterocycles. The molecule has 5 nitrogen and oxygen atoms in total. The predicted molar refractivity (Wildman–Crippen MR) is 87.1 cm³/mol. The number of aromatic nitrogens is 1. The van der Waals surface area contributed by atoms with E-state index < -0.39 is 11.8 Å². The van der Waals surface area contributed by atoms with E-state index in [1.54, 1.807) is 30.5 Å². The van der Waals surface area contributed by atoms with Crippen molar-refractivity contribution in [3.8, 4) is 5.75 Å². The lowest BCUT2D eigenvalue weighted by atomic mass is 10.1.